The van der Waals surface area contributed by atoms with Gasteiger partial charge in [0.05, 0.1) is 6.54 Å². The molecule has 18 heavy (non-hydrogen) atoms. The second kappa shape index (κ2) is 8.27. The summed E-state index contributed by atoms with van der Waals surface area (Å²) in [5.74, 6) is 0.547. The van der Waals surface area contributed by atoms with E-state index in [4.69, 9.17) is 0 Å². The molecule has 0 heterocycles. The fourth-order valence-electron chi connectivity index (χ4n) is 1.84. The van der Waals surface area contributed by atoms with Crippen molar-refractivity contribution in [3.05, 3.63) is 34.3 Å². The maximum Gasteiger partial charge on any atom is 0.233 e. The highest BCUT2D eigenvalue weighted by atomic mass is 79.9. The van der Waals surface area contributed by atoms with Crippen molar-refractivity contribution in [3.8, 4) is 0 Å². The summed E-state index contributed by atoms with van der Waals surface area (Å²) in [6.45, 7) is 3.28. The first kappa shape index (κ1) is 15.2. The van der Waals surface area contributed by atoms with Crippen LogP contribution in [0.1, 0.15) is 18.9 Å². The van der Waals surface area contributed by atoms with Crippen LogP contribution in [0.2, 0.25) is 0 Å². The second-order valence-corrected chi connectivity index (χ2v) is 5.36. The first-order valence-corrected chi connectivity index (χ1v) is 7.10. The van der Waals surface area contributed by atoms with Crippen molar-refractivity contribution < 1.29 is 4.79 Å². The summed E-state index contributed by atoms with van der Waals surface area (Å²) in [5.41, 5.74) is 1.30. The number of rotatable bonds is 7. The van der Waals surface area contributed by atoms with Gasteiger partial charge in [-0.15, -0.1) is 0 Å². The minimum absolute atomic E-state index is 0.0604. The first-order chi connectivity index (χ1) is 8.65. The standard InChI is InChI=1S/C14H21BrN2O/c1-3-11(9-17-14(18)10-16-2)7-12-5-4-6-13(15)8-12/h4-6,8,11,16H,3,7,9-10H2,1-2H3,(H,17,18). The van der Waals surface area contributed by atoms with E-state index in [9.17, 15) is 4.79 Å². The summed E-state index contributed by atoms with van der Waals surface area (Å²) in [4.78, 5) is 11.4. The van der Waals surface area contributed by atoms with E-state index in [1.165, 1.54) is 5.56 Å². The number of amides is 1. The highest BCUT2D eigenvalue weighted by Crippen LogP contribution is 2.16. The summed E-state index contributed by atoms with van der Waals surface area (Å²) in [5, 5.41) is 5.80. The molecule has 0 fully saturated rings. The van der Waals surface area contributed by atoms with Crippen LogP contribution in [0.4, 0.5) is 0 Å². The van der Waals surface area contributed by atoms with E-state index in [-0.39, 0.29) is 5.91 Å². The SMILES string of the molecule is CCC(CNC(=O)CNC)Cc1cccc(Br)c1. The number of carbonyl (C=O) groups excluding carboxylic acids is 1. The van der Waals surface area contributed by atoms with Gasteiger partial charge in [0.15, 0.2) is 0 Å². The summed E-state index contributed by atoms with van der Waals surface area (Å²) in [7, 11) is 1.78. The Hall–Kier alpha value is -0.870. The topological polar surface area (TPSA) is 41.1 Å². The third-order valence-electron chi connectivity index (χ3n) is 2.92. The number of benzene rings is 1. The molecule has 0 aromatic heterocycles. The van der Waals surface area contributed by atoms with Crippen molar-refractivity contribution >= 4 is 21.8 Å². The number of halogens is 1. The molecule has 2 N–H and O–H groups in total. The van der Waals surface area contributed by atoms with Crippen LogP contribution in [-0.4, -0.2) is 26.0 Å². The lowest BCUT2D eigenvalue weighted by Crippen LogP contribution is -2.35. The molecule has 100 valence electrons. The molecule has 1 unspecified atom stereocenters. The van der Waals surface area contributed by atoms with E-state index in [1.54, 1.807) is 7.05 Å². The van der Waals surface area contributed by atoms with E-state index in [1.807, 2.05) is 12.1 Å². The Kier molecular flexibility index (Phi) is 6.98. The minimum Gasteiger partial charge on any atom is -0.355 e. The Morgan fingerprint density at radius 1 is 1.44 bits per heavy atom. The van der Waals surface area contributed by atoms with Gasteiger partial charge in [0.2, 0.25) is 5.91 Å². The van der Waals surface area contributed by atoms with Crippen molar-refractivity contribution in [3.63, 3.8) is 0 Å². The summed E-state index contributed by atoms with van der Waals surface area (Å²) in [6.07, 6.45) is 2.06. The lowest BCUT2D eigenvalue weighted by molar-refractivity contribution is -0.120. The van der Waals surface area contributed by atoms with Gasteiger partial charge in [-0.2, -0.15) is 0 Å². The second-order valence-electron chi connectivity index (χ2n) is 4.44. The van der Waals surface area contributed by atoms with Crippen molar-refractivity contribution in [2.75, 3.05) is 20.1 Å². The molecule has 0 aliphatic heterocycles. The fourth-order valence-corrected chi connectivity index (χ4v) is 2.29. The van der Waals surface area contributed by atoms with E-state index >= 15 is 0 Å². The van der Waals surface area contributed by atoms with Crippen LogP contribution in [0.25, 0.3) is 0 Å². The molecule has 0 radical (unpaired) electrons. The zero-order valence-electron chi connectivity index (χ0n) is 11.0. The lowest BCUT2D eigenvalue weighted by atomic mass is 9.97. The molecular weight excluding hydrogens is 292 g/mol. The van der Waals surface area contributed by atoms with Crippen LogP contribution in [0, 0.1) is 5.92 Å². The molecule has 0 aliphatic carbocycles. The molecule has 1 amide bonds. The molecular formula is C14H21BrN2O. The molecule has 0 spiro atoms. The summed E-state index contributed by atoms with van der Waals surface area (Å²) >= 11 is 3.48. The smallest absolute Gasteiger partial charge is 0.233 e. The monoisotopic (exact) mass is 312 g/mol. The van der Waals surface area contributed by atoms with Crippen LogP contribution in [0.5, 0.6) is 0 Å². The number of likely N-dealkylation sites (N-methyl/N-ethyl adjacent to an activating group) is 1. The number of carbonyl (C=O) groups is 1. The highest BCUT2D eigenvalue weighted by molar-refractivity contribution is 9.10. The van der Waals surface area contributed by atoms with E-state index in [0.717, 1.165) is 23.9 Å². The van der Waals surface area contributed by atoms with Gasteiger partial charge in [-0.05, 0) is 37.1 Å². The number of nitrogens with one attached hydrogen (secondary N) is 2. The van der Waals surface area contributed by atoms with Crippen molar-refractivity contribution in [1.82, 2.24) is 10.6 Å². The van der Waals surface area contributed by atoms with Gasteiger partial charge in [-0.1, -0.05) is 41.4 Å². The Morgan fingerprint density at radius 2 is 2.22 bits per heavy atom. The largest absolute Gasteiger partial charge is 0.355 e. The maximum absolute atomic E-state index is 11.4. The Bertz CT molecular complexity index is 382. The quantitative estimate of drug-likeness (QED) is 0.811. The zero-order valence-corrected chi connectivity index (χ0v) is 12.6. The third-order valence-corrected chi connectivity index (χ3v) is 3.41. The van der Waals surface area contributed by atoms with Gasteiger partial charge in [-0.3, -0.25) is 4.79 Å². The van der Waals surface area contributed by atoms with E-state index in [0.29, 0.717) is 12.5 Å². The van der Waals surface area contributed by atoms with Gasteiger partial charge >= 0.3 is 0 Å². The first-order valence-electron chi connectivity index (χ1n) is 6.31. The predicted octanol–water partition coefficient (Wildman–Crippen LogP) is 2.35. The Morgan fingerprint density at radius 3 is 2.83 bits per heavy atom. The van der Waals surface area contributed by atoms with Crippen LogP contribution >= 0.6 is 15.9 Å². The van der Waals surface area contributed by atoms with Crippen LogP contribution < -0.4 is 10.6 Å². The van der Waals surface area contributed by atoms with Gasteiger partial charge in [0, 0.05) is 11.0 Å². The fraction of sp³-hybridized carbons (Fsp3) is 0.500. The average molecular weight is 313 g/mol. The van der Waals surface area contributed by atoms with Gasteiger partial charge in [0.1, 0.15) is 0 Å². The molecule has 0 aliphatic rings. The van der Waals surface area contributed by atoms with Gasteiger partial charge in [0.25, 0.3) is 0 Å². The Labute approximate surface area is 117 Å². The normalized spacial score (nSPS) is 12.2. The Balaban J connectivity index is 2.44. The summed E-state index contributed by atoms with van der Waals surface area (Å²) < 4.78 is 1.11. The predicted molar refractivity (Wildman–Crippen MR) is 78.6 cm³/mol. The summed E-state index contributed by atoms with van der Waals surface area (Å²) in [6, 6.07) is 8.34. The van der Waals surface area contributed by atoms with Crippen molar-refractivity contribution in [2.45, 2.75) is 19.8 Å². The van der Waals surface area contributed by atoms with E-state index in [2.05, 4.69) is 45.6 Å². The zero-order chi connectivity index (χ0) is 13.4. The van der Waals surface area contributed by atoms with Crippen molar-refractivity contribution in [2.24, 2.45) is 5.92 Å². The molecule has 1 aromatic rings. The van der Waals surface area contributed by atoms with Gasteiger partial charge < -0.3 is 10.6 Å². The molecule has 0 saturated heterocycles. The number of hydrogen-bond acceptors (Lipinski definition) is 2. The molecule has 1 rings (SSSR count). The third kappa shape index (κ3) is 5.65. The minimum atomic E-state index is 0.0604. The molecule has 4 heteroatoms. The molecule has 0 bridgehead atoms. The molecule has 3 nitrogen and oxygen atoms in total. The van der Waals surface area contributed by atoms with Gasteiger partial charge in [-0.25, -0.2) is 0 Å². The average Bonchev–Trinajstić information content (AvgIpc) is 2.35. The van der Waals surface area contributed by atoms with Crippen LogP contribution in [0.3, 0.4) is 0 Å². The maximum atomic E-state index is 11.4. The van der Waals surface area contributed by atoms with E-state index < -0.39 is 0 Å². The molecule has 1 atom stereocenters. The number of hydrogen-bond donors (Lipinski definition) is 2. The van der Waals surface area contributed by atoms with Crippen molar-refractivity contribution in [1.29, 1.82) is 0 Å². The molecule has 1 aromatic carbocycles. The highest BCUT2D eigenvalue weighted by Gasteiger charge is 2.09. The van der Waals surface area contributed by atoms with Crippen LogP contribution in [0.15, 0.2) is 28.7 Å². The molecule has 0 saturated carbocycles. The lowest BCUT2D eigenvalue weighted by Gasteiger charge is -2.16. The van der Waals surface area contributed by atoms with Crippen LogP contribution in [-0.2, 0) is 11.2 Å².